The number of nitrogens with zero attached hydrogens (tertiary/aromatic N) is 3. The molecule has 0 spiro atoms. The molecule has 0 aromatic carbocycles. The van der Waals surface area contributed by atoms with Crippen LogP contribution in [0.3, 0.4) is 0 Å². The van der Waals surface area contributed by atoms with Crippen LogP contribution in [0.5, 0.6) is 0 Å². The third kappa shape index (κ3) is 10.3. The Morgan fingerprint density at radius 2 is 1.97 bits per heavy atom. The van der Waals surface area contributed by atoms with Gasteiger partial charge in [-0.15, -0.1) is 12.4 Å². The van der Waals surface area contributed by atoms with Crippen molar-refractivity contribution in [1.29, 1.82) is 0 Å². The van der Waals surface area contributed by atoms with Gasteiger partial charge in [-0.1, -0.05) is 13.3 Å². The first kappa shape index (κ1) is 28.5. The Labute approximate surface area is 200 Å². The van der Waals surface area contributed by atoms with Crippen LogP contribution in [0, 0.1) is 5.92 Å². The number of hydrazone groups is 1. The van der Waals surface area contributed by atoms with Crippen LogP contribution in [0.15, 0.2) is 5.10 Å². The molecule has 1 heterocycles. The van der Waals surface area contributed by atoms with E-state index in [-0.39, 0.29) is 49.0 Å². The summed E-state index contributed by atoms with van der Waals surface area (Å²) >= 11 is 0. The molecule has 2 fully saturated rings. The first-order valence-corrected chi connectivity index (χ1v) is 11.4. The minimum Gasteiger partial charge on any atom is -0.480 e. The summed E-state index contributed by atoms with van der Waals surface area (Å²) in [5, 5.41) is 18.2. The van der Waals surface area contributed by atoms with E-state index in [0.29, 0.717) is 13.0 Å². The zero-order chi connectivity index (χ0) is 23.5. The number of aliphatic carboxylic acids is 1. The number of hydrogen-bond donors (Lipinski definition) is 4. The van der Waals surface area contributed by atoms with Crippen LogP contribution in [0.4, 0.5) is 0 Å². The Hall–Kier alpha value is -2.56. The van der Waals surface area contributed by atoms with Gasteiger partial charge in [-0.2, -0.15) is 5.10 Å². The summed E-state index contributed by atoms with van der Waals surface area (Å²) in [6, 6.07) is -1.22. The SMILES string of the molecule is CCCCC(=O)N[C@@H](CC(=O)NC[C@@H]1CCCN(C=NN)C1)C(=O)N(CC(=O)O)C1CC1.Cl. The van der Waals surface area contributed by atoms with Crippen molar-refractivity contribution in [3.05, 3.63) is 0 Å². The first-order valence-electron chi connectivity index (χ1n) is 11.4. The van der Waals surface area contributed by atoms with Crippen LogP contribution in [0.1, 0.15) is 58.3 Å². The summed E-state index contributed by atoms with van der Waals surface area (Å²) in [5.41, 5.74) is 0. The molecule has 1 saturated carbocycles. The Balaban J connectivity index is 0.00000544. The number of piperidine rings is 1. The second kappa shape index (κ2) is 14.6. The summed E-state index contributed by atoms with van der Waals surface area (Å²) in [4.78, 5) is 52.5. The fourth-order valence-electron chi connectivity index (χ4n) is 3.90. The van der Waals surface area contributed by atoms with E-state index in [9.17, 15) is 24.3 Å². The lowest BCUT2D eigenvalue weighted by molar-refractivity contribution is -0.146. The van der Waals surface area contributed by atoms with Gasteiger partial charge >= 0.3 is 5.97 Å². The van der Waals surface area contributed by atoms with Gasteiger partial charge in [-0.05, 0) is 38.0 Å². The lowest BCUT2D eigenvalue weighted by atomic mass is 9.98. The molecule has 0 radical (unpaired) electrons. The fourth-order valence-corrected chi connectivity index (χ4v) is 3.90. The van der Waals surface area contributed by atoms with Crippen molar-refractivity contribution >= 4 is 42.4 Å². The van der Waals surface area contributed by atoms with Gasteiger partial charge < -0.3 is 31.4 Å². The van der Waals surface area contributed by atoms with Crippen LogP contribution in [-0.2, 0) is 19.2 Å². The van der Waals surface area contributed by atoms with Crippen molar-refractivity contribution in [2.75, 3.05) is 26.2 Å². The van der Waals surface area contributed by atoms with Crippen LogP contribution in [-0.4, -0.2) is 83.2 Å². The number of hydrogen-bond acceptors (Lipinski definition) is 6. The second-order valence-electron chi connectivity index (χ2n) is 8.59. The molecule has 0 bridgehead atoms. The highest BCUT2D eigenvalue weighted by Gasteiger charge is 2.38. The number of nitrogens with two attached hydrogens (primary N) is 1. The lowest BCUT2D eigenvalue weighted by Gasteiger charge is -2.31. The number of amides is 3. The summed E-state index contributed by atoms with van der Waals surface area (Å²) in [7, 11) is 0. The number of unbranched alkanes of at least 4 members (excludes halogenated alkanes) is 1. The van der Waals surface area contributed by atoms with Gasteiger partial charge in [0.1, 0.15) is 18.9 Å². The molecule has 33 heavy (non-hydrogen) atoms. The fraction of sp³-hybridized carbons (Fsp3) is 0.762. The summed E-state index contributed by atoms with van der Waals surface area (Å²) < 4.78 is 0. The monoisotopic (exact) mass is 488 g/mol. The molecular formula is C21H37ClN6O5. The second-order valence-corrected chi connectivity index (χ2v) is 8.59. The molecule has 0 aromatic rings. The average Bonchev–Trinajstić information content (AvgIpc) is 3.59. The van der Waals surface area contributed by atoms with Crippen molar-refractivity contribution in [2.45, 2.75) is 70.4 Å². The standard InChI is InChI=1S/C21H36N6O5.ClH/c1-2-3-6-18(28)25-17(21(32)27(13-20(30)31)16-7-8-16)10-19(29)23-11-15-5-4-9-26(12-15)14-24-22;/h14-17H,2-13,22H2,1H3,(H,23,29)(H,25,28)(H,30,31);1H/t15-,17-;/m0./s1. The minimum atomic E-state index is -1.12. The smallest absolute Gasteiger partial charge is 0.323 e. The van der Waals surface area contributed by atoms with Crippen molar-refractivity contribution in [3.8, 4) is 0 Å². The lowest BCUT2D eigenvalue weighted by Crippen LogP contribution is -2.52. The predicted octanol–water partition coefficient (Wildman–Crippen LogP) is 0.279. The van der Waals surface area contributed by atoms with E-state index in [1.165, 1.54) is 4.90 Å². The van der Waals surface area contributed by atoms with Gasteiger partial charge in [0.25, 0.3) is 0 Å². The number of carboxylic acid groups (broad SMARTS) is 1. The minimum absolute atomic E-state index is 0. The molecule has 12 heteroatoms. The maximum Gasteiger partial charge on any atom is 0.323 e. The topological polar surface area (TPSA) is 157 Å². The van der Waals surface area contributed by atoms with Crippen LogP contribution in [0.25, 0.3) is 0 Å². The van der Waals surface area contributed by atoms with Crippen molar-refractivity contribution < 1.29 is 24.3 Å². The highest BCUT2D eigenvalue weighted by atomic mass is 35.5. The van der Waals surface area contributed by atoms with E-state index < -0.39 is 24.5 Å². The van der Waals surface area contributed by atoms with Crippen LogP contribution < -0.4 is 16.5 Å². The third-order valence-electron chi connectivity index (χ3n) is 5.72. The first-order chi connectivity index (χ1) is 15.3. The number of carbonyl (C=O) groups is 4. The van der Waals surface area contributed by atoms with Crippen molar-refractivity contribution in [2.24, 2.45) is 16.9 Å². The molecule has 188 valence electrons. The van der Waals surface area contributed by atoms with Gasteiger partial charge in [0.15, 0.2) is 0 Å². The van der Waals surface area contributed by atoms with E-state index in [4.69, 9.17) is 5.84 Å². The molecule has 1 saturated heterocycles. The van der Waals surface area contributed by atoms with E-state index in [1.54, 1.807) is 6.34 Å². The number of carbonyl (C=O) groups excluding carboxylic acids is 3. The largest absolute Gasteiger partial charge is 0.480 e. The van der Waals surface area contributed by atoms with Gasteiger partial charge in [0.05, 0.1) is 6.42 Å². The number of likely N-dealkylation sites (tertiary alicyclic amines) is 1. The highest BCUT2D eigenvalue weighted by Crippen LogP contribution is 2.27. The molecule has 3 amide bonds. The van der Waals surface area contributed by atoms with Crippen LogP contribution in [0.2, 0.25) is 0 Å². The zero-order valence-electron chi connectivity index (χ0n) is 19.2. The number of nitrogens with one attached hydrogen (secondary N) is 2. The van der Waals surface area contributed by atoms with E-state index in [2.05, 4.69) is 15.7 Å². The number of halogens is 1. The molecule has 2 rings (SSSR count). The van der Waals surface area contributed by atoms with Gasteiger partial charge in [0.2, 0.25) is 17.7 Å². The van der Waals surface area contributed by atoms with Gasteiger partial charge in [-0.3, -0.25) is 19.2 Å². The van der Waals surface area contributed by atoms with E-state index >= 15 is 0 Å². The third-order valence-corrected chi connectivity index (χ3v) is 5.72. The maximum atomic E-state index is 13.1. The molecule has 0 aromatic heterocycles. The molecule has 5 N–H and O–H groups in total. The zero-order valence-corrected chi connectivity index (χ0v) is 20.0. The van der Waals surface area contributed by atoms with Gasteiger partial charge in [0, 0.05) is 32.1 Å². The maximum absolute atomic E-state index is 13.1. The molecule has 1 aliphatic heterocycles. The molecule has 2 atom stereocenters. The van der Waals surface area contributed by atoms with Crippen molar-refractivity contribution in [1.82, 2.24) is 20.4 Å². The summed E-state index contributed by atoms with van der Waals surface area (Å²) in [6.07, 6.45) is 6.50. The highest BCUT2D eigenvalue weighted by molar-refractivity contribution is 5.93. The molecular weight excluding hydrogens is 452 g/mol. The molecule has 2 aliphatic rings. The molecule has 11 nitrogen and oxygen atoms in total. The van der Waals surface area contributed by atoms with Crippen molar-refractivity contribution in [3.63, 3.8) is 0 Å². The summed E-state index contributed by atoms with van der Waals surface area (Å²) in [6.45, 7) is 3.56. The molecule has 0 unspecified atom stereocenters. The Morgan fingerprint density at radius 1 is 1.24 bits per heavy atom. The van der Waals surface area contributed by atoms with Gasteiger partial charge in [-0.25, -0.2) is 0 Å². The number of rotatable bonds is 13. The quantitative estimate of drug-likeness (QED) is 0.125. The Bertz CT molecular complexity index is 703. The average molecular weight is 489 g/mol. The summed E-state index contributed by atoms with van der Waals surface area (Å²) in [5.74, 6) is 3.14. The normalized spacial score (nSPS) is 18.8. The van der Waals surface area contributed by atoms with E-state index in [1.807, 2.05) is 11.8 Å². The number of carboxylic acids is 1. The molecule has 1 aliphatic carbocycles. The Morgan fingerprint density at radius 3 is 2.58 bits per heavy atom. The van der Waals surface area contributed by atoms with Crippen LogP contribution >= 0.6 is 12.4 Å². The predicted molar refractivity (Wildman–Crippen MR) is 126 cm³/mol. The van der Waals surface area contributed by atoms with E-state index in [0.717, 1.165) is 45.2 Å². The Kier molecular flexibility index (Phi) is 12.6.